The molecule has 64 heavy (non-hydrogen) atoms. The van der Waals surface area contributed by atoms with E-state index in [0.29, 0.717) is 49.5 Å². The third kappa shape index (κ3) is 15.0. The summed E-state index contributed by atoms with van der Waals surface area (Å²) in [5.74, 6) is -0.804. The predicted molar refractivity (Wildman–Crippen MR) is 247 cm³/mol. The van der Waals surface area contributed by atoms with Crippen molar-refractivity contribution in [2.75, 3.05) is 26.3 Å². The molecule has 0 saturated carbocycles. The van der Waals surface area contributed by atoms with Crippen LogP contribution in [-0.4, -0.2) is 91.4 Å². The second-order valence-electron chi connectivity index (χ2n) is 14.6. The number of hydrogen-bond donors (Lipinski definition) is 2. The maximum absolute atomic E-state index is 13.3. The normalized spacial score (nSPS) is 11.8. The van der Waals surface area contributed by atoms with Crippen molar-refractivity contribution in [3.05, 3.63) is 142 Å². The highest BCUT2D eigenvalue weighted by Crippen LogP contribution is 2.24. The Morgan fingerprint density at radius 3 is 1.31 bits per heavy atom. The molecule has 4 heterocycles. The zero-order valence-electron chi connectivity index (χ0n) is 36.5. The molecule has 0 unspecified atom stereocenters. The number of halogens is 2. The van der Waals surface area contributed by atoms with Gasteiger partial charge < -0.3 is 9.47 Å². The summed E-state index contributed by atoms with van der Waals surface area (Å²) >= 11 is 12.0. The van der Waals surface area contributed by atoms with E-state index < -0.39 is 12.1 Å². The van der Waals surface area contributed by atoms with E-state index in [-0.39, 0.29) is 49.4 Å². The number of benzene rings is 2. The molecule has 16 heteroatoms. The Bertz CT molecular complexity index is 2270. The number of pyridine rings is 2. The first kappa shape index (κ1) is 49.0. The fourth-order valence-corrected chi connectivity index (χ4v) is 7.24. The van der Waals surface area contributed by atoms with Crippen LogP contribution in [0, 0.1) is 0 Å². The summed E-state index contributed by atoms with van der Waals surface area (Å²) in [7, 11) is 0. The smallest absolute Gasteiger partial charge is 0.319 e. The number of rotatable bonds is 22. The molecule has 0 aliphatic carbocycles. The molecule has 0 radical (unpaired) electrons. The van der Waals surface area contributed by atoms with Crippen LogP contribution >= 0.6 is 23.2 Å². The Morgan fingerprint density at radius 2 is 0.969 bits per heavy atom. The van der Waals surface area contributed by atoms with Crippen LogP contribution in [0.15, 0.2) is 109 Å². The number of carbonyl (C=O) groups is 4. The second-order valence-corrected chi connectivity index (χ2v) is 15.3. The zero-order valence-corrected chi connectivity index (χ0v) is 38.0. The number of nitrogens with zero attached hydrogens (tertiary/aromatic N) is 6. The second kappa shape index (κ2) is 25.3. The first-order chi connectivity index (χ1) is 31.0. The van der Waals surface area contributed by atoms with Gasteiger partial charge in [-0.1, -0.05) is 83.9 Å². The minimum Gasteiger partial charge on any atom is -0.465 e. The molecule has 0 aliphatic heterocycles. The van der Waals surface area contributed by atoms with E-state index in [1.807, 2.05) is 108 Å². The molecule has 0 aliphatic rings. The topological polar surface area (TPSA) is 172 Å². The van der Waals surface area contributed by atoms with E-state index in [0.717, 1.165) is 45.0 Å². The van der Waals surface area contributed by atoms with Crippen molar-refractivity contribution in [2.45, 2.75) is 78.6 Å². The summed E-state index contributed by atoms with van der Waals surface area (Å²) in [6, 6.07) is 29.3. The molecule has 0 spiro atoms. The standard InChI is InChI=1S/2C24H27ClN4O3/c2*1-3-29-19(14-20(28-29)18-10-11-26-23(25)13-18)15-22(30)21(27-16-24(31)32-4-2)12-17-8-6-5-7-9-17/h2*5-11,13-14,21,27H,3-4,12,15-16H2,1-2H3/t2*21-/m00/s1. The van der Waals surface area contributed by atoms with Crippen molar-refractivity contribution in [3.63, 3.8) is 0 Å². The maximum atomic E-state index is 13.3. The average molecular weight is 910 g/mol. The fraction of sp³-hybridized carbons (Fsp3) is 0.333. The van der Waals surface area contributed by atoms with Crippen LogP contribution < -0.4 is 10.6 Å². The minimum atomic E-state index is -0.527. The van der Waals surface area contributed by atoms with Crippen LogP contribution in [0.5, 0.6) is 0 Å². The number of esters is 2. The molecule has 6 aromatic rings. The van der Waals surface area contributed by atoms with Gasteiger partial charge in [0.15, 0.2) is 11.6 Å². The monoisotopic (exact) mass is 908 g/mol. The Morgan fingerprint density at radius 1 is 0.578 bits per heavy atom. The summed E-state index contributed by atoms with van der Waals surface area (Å²) in [6.45, 7) is 9.27. The van der Waals surface area contributed by atoms with Gasteiger partial charge in [0.2, 0.25) is 0 Å². The molecule has 2 N–H and O–H groups in total. The lowest BCUT2D eigenvalue weighted by Crippen LogP contribution is -2.42. The number of ketones is 2. The van der Waals surface area contributed by atoms with Gasteiger partial charge in [0.25, 0.3) is 0 Å². The molecule has 14 nitrogen and oxygen atoms in total. The number of carbonyl (C=O) groups excluding carboxylic acids is 4. The molecule has 0 bridgehead atoms. The number of nitrogens with one attached hydrogen (secondary N) is 2. The van der Waals surface area contributed by atoms with Gasteiger partial charge in [0.05, 0.1) is 62.6 Å². The molecule has 2 aromatic carbocycles. The third-order valence-electron chi connectivity index (χ3n) is 10.0. The number of aromatic nitrogens is 6. The van der Waals surface area contributed by atoms with Crippen molar-refractivity contribution in [2.24, 2.45) is 0 Å². The molecule has 2 atom stereocenters. The maximum Gasteiger partial charge on any atom is 0.319 e. The van der Waals surface area contributed by atoms with Crippen LogP contribution in [0.4, 0.5) is 0 Å². The van der Waals surface area contributed by atoms with Gasteiger partial charge in [-0.15, -0.1) is 0 Å². The zero-order chi connectivity index (χ0) is 45.8. The molecule has 6 rings (SSSR count). The molecule has 0 saturated heterocycles. The average Bonchev–Trinajstić information content (AvgIpc) is 3.91. The largest absolute Gasteiger partial charge is 0.465 e. The van der Waals surface area contributed by atoms with Crippen molar-refractivity contribution < 1.29 is 28.7 Å². The van der Waals surface area contributed by atoms with E-state index in [1.54, 1.807) is 38.4 Å². The summed E-state index contributed by atoms with van der Waals surface area (Å²) in [5.41, 5.74) is 6.78. The Balaban J connectivity index is 0.000000241. The Labute approximate surface area is 383 Å². The third-order valence-corrected chi connectivity index (χ3v) is 10.4. The van der Waals surface area contributed by atoms with E-state index in [9.17, 15) is 19.2 Å². The molecular weight excluding hydrogens is 855 g/mol. The lowest BCUT2D eigenvalue weighted by molar-refractivity contribution is -0.143. The van der Waals surface area contributed by atoms with Crippen LogP contribution in [0.25, 0.3) is 22.5 Å². The van der Waals surface area contributed by atoms with Crippen LogP contribution in [0.2, 0.25) is 10.3 Å². The van der Waals surface area contributed by atoms with Gasteiger partial charge in [-0.05, 0) is 88.1 Å². The van der Waals surface area contributed by atoms with Crippen LogP contribution in [-0.2, 0) is 67.4 Å². The number of aryl methyl sites for hydroxylation is 2. The van der Waals surface area contributed by atoms with E-state index in [2.05, 4.69) is 30.8 Å². The highest BCUT2D eigenvalue weighted by molar-refractivity contribution is 6.29. The van der Waals surface area contributed by atoms with Crippen LogP contribution in [0.1, 0.15) is 50.2 Å². The first-order valence-electron chi connectivity index (χ1n) is 21.3. The number of hydrogen-bond acceptors (Lipinski definition) is 12. The highest BCUT2D eigenvalue weighted by Gasteiger charge is 2.24. The number of ether oxygens (including phenoxy) is 2. The van der Waals surface area contributed by atoms with E-state index in [4.69, 9.17) is 32.7 Å². The van der Waals surface area contributed by atoms with E-state index >= 15 is 0 Å². The van der Waals surface area contributed by atoms with Crippen molar-refractivity contribution >= 4 is 46.7 Å². The van der Waals surface area contributed by atoms with Gasteiger partial charge in [-0.2, -0.15) is 10.2 Å². The molecule has 0 fully saturated rings. The molecule has 0 amide bonds. The SMILES string of the molecule is CCOC(=O)CN[C@@H](Cc1ccccc1)C(=O)Cc1cc(-c2ccnc(Cl)c2)nn1CC.CCOC(=O)CN[C@@H](Cc1ccccc1)C(=O)Cc1cc(-c2ccnc(Cl)c2)nn1CC. The lowest BCUT2D eigenvalue weighted by Gasteiger charge is -2.18. The Hall–Kier alpha value is -6.06. The lowest BCUT2D eigenvalue weighted by atomic mass is 9.99. The fourth-order valence-electron chi connectivity index (χ4n) is 6.89. The molecule has 336 valence electrons. The predicted octanol–water partition coefficient (Wildman–Crippen LogP) is 6.99. The molecular formula is C48H54Cl2N8O6. The summed E-state index contributed by atoms with van der Waals surface area (Å²) < 4.78 is 13.6. The van der Waals surface area contributed by atoms with Gasteiger partial charge in [0, 0.05) is 48.0 Å². The van der Waals surface area contributed by atoms with Gasteiger partial charge in [-0.3, -0.25) is 39.2 Å². The molecule has 4 aromatic heterocycles. The van der Waals surface area contributed by atoms with Crippen molar-refractivity contribution in [3.8, 4) is 22.5 Å². The number of Topliss-reactive ketones (excluding diaryl/α,β-unsaturated/α-hetero) is 2. The van der Waals surface area contributed by atoms with Crippen LogP contribution in [0.3, 0.4) is 0 Å². The summed E-state index contributed by atoms with van der Waals surface area (Å²) in [6.07, 6.45) is 4.59. The highest BCUT2D eigenvalue weighted by atomic mass is 35.5. The van der Waals surface area contributed by atoms with Crippen molar-refractivity contribution in [1.29, 1.82) is 0 Å². The van der Waals surface area contributed by atoms with Gasteiger partial charge in [-0.25, -0.2) is 9.97 Å². The summed E-state index contributed by atoms with van der Waals surface area (Å²) in [4.78, 5) is 58.2. The van der Waals surface area contributed by atoms with Gasteiger partial charge >= 0.3 is 11.9 Å². The minimum absolute atomic E-state index is 0.0212. The van der Waals surface area contributed by atoms with E-state index in [1.165, 1.54) is 0 Å². The Kier molecular flexibility index (Phi) is 19.3. The van der Waals surface area contributed by atoms with Gasteiger partial charge in [0.1, 0.15) is 10.3 Å². The quantitative estimate of drug-likeness (QED) is 0.0530. The summed E-state index contributed by atoms with van der Waals surface area (Å²) in [5, 5.41) is 16.2. The van der Waals surface area contributed by atoms with Crippen molar-refractivity contribution in [1.82, 2.24) is 40.2 Å². The first-order valence-corrected chi connectivity index (χ1v) is 22.0.